The molecule has 0 spiro atoms. The minimum atomic E-state index is -1.19. The Balaban J connectivity index is 1.96. The zero-order chi connectivity index (χ0) is 18.7. The Bertz CT molecular complexity index is 1290. The largest absolute Gasteiger partial charge is 0.477 e. The Morgan fingerprint density at radius 3 is 2.78 bits per heavy atom. The third kappa shape index (κ3) is 2.16. The molecule has 27 heavy (non-hydrogen) atoms. The van der Waals surface area contributed by atoms with Crippen molar-refractivity contribution in [3.8, 4) is 5.69 Å². The van der Waals surface area contributed by atoms with Gasteiger partial charge < -0.3 is 9.67 Å². The highest BCUT2D eigenvalue weighted by molar-refractivity contribution is 6.01. The molecule has 0 saturated heterocycles. The highest BCUT2D eigenvalue weighted by Gasteiger charge is 2.25. The first-order valence-corrected chi connectivity index (χ1v) is 8.92. The number of aryl methyl sites for hydroxylation is 1. The molecule has 0 radical (unpaired) electrons. The molecule has 0 fully saturated rings. The van der Waals surface area contributed by atoms with Gasteiger partial charge in [-0.05, 0) is 38.0 Å². The third-order valence-corrected chi connectivity index (χ3v) is 5.48. The van der Waals surface area contributed by atoms with Gasteiger partial charge >= 0.3 is 5.97 Å². The fourth-order valence-electron chi connectivity index (χ4n) is 4.11. The summed E-state index contributed by atoms with van der Waals surface area (Å²) in [6, 6.07) is 11.7. The molecule has 1 aliphatic rings. The molecule has 0 bridgehead atoms. The molecule has 134 valence electrons. The van der Waals surface area contributed by atoms with E-state index in [0.717, 1.165) is 40.6 Å². The van der Waals surface area contributed by atoms with E-state index in [1.54, 1.807) is 12.4 Å². The molecule has 1 aliphatic heterocycles. The molecule has 0 amide bonds. The van der Waals surface area contributed by atoms with Crippen molar-refractivity contribution in [1.29, 1.82) is 0 Å². The summed E-state index contributed by atoms with van der Waals surface area (Å²) in [6.07, 6.45) is 4.94. The normalized spacial score (nSPS) is 16.1. The number of rotatable bonds is 2. The van der Waals surface area contributed by atoms with E-state index in [0.29, 0.717) is 5.39 Å². The van der Waals surface area contributed by atoms with Gasteiger partial charge in [0.15, 0.2) is 0 Å². The van der Waals surface area contributed by atoms with Crippen LogP contribution >= 0.6 is 0 Å². The Hall–Kier alpha value is -3.41. The van der Waals surface area contributed by atoms with Crippen LogP contribution < -0.4 is 5.43 Å². The number of hydrogen-bond donors (Lipinski definition) is 1. The van der Waals surface area contributed by atoms with Gasteiger partial charge in [-0.2, -0.15) is 0 Å². The van der Waals surface area contributed by atoms with Crippen molar-refractivity contribution in [2.24, 2.45) is 0 Å². The summed E-state index contributed by atoms with van der Waals surface area (Å²) in [5.41, 5.74) is 3.85. The number of carbonyl (C=O) groups is 1. The Kier molecular flexibility index (Phi) is 3.25. The van der Waals surface area contributed by atoms with E-state index >= 15 is 0 Å². The van der Waals surface area contributed by atoms with Crippen LogP contribution in [0.5, 0.6) is 0 Å². The first-order valence-electron chi connectivity index (χ1n) is 8.92. The van der Waals surface area contributed by atoms with E-state index in [1.807, 2.05) is 46.4 Å². The number of carboxylic acid groups (broad SMARTS) is 1. The number of pyridine rings is 1. The van der Waals surface area contributed by atoms with E-state index in [9.17, 15) is 14.7 Å². The van der Waals surface area contributed by atoms with E-state index in [-0.39, 0.29) is 11.6 Å². The second-order valence-corrected chi connectivity index (χ2v) is 7.04. The molecular weight excluding hydrogens is 342 g/mol. The first-order chi connectivity index (χ1) is 13.1. The summed E-state index contributed by atoms with van der Waals surface area (Å²) in [6.45, 7) is 2.05. The van der Waals surface area contributed by atoms with Crippen molar-refractivity contribution in [2.75, 3.05) is 0 Å². The van der Waals surface area contributed by atoms with Gasteiger partial charge in [0.2, 0.25) is 5.43 Å². The summed E-state index contributed by atoms with van der Waals surface area (Å²) in [4.78, 5) is 29.2. The van der Waals surface area contributed by atoms with Gasteiger partial charge in [0.1, 0.15) is 11.9 Å². The zero-order valence-corrected chi connectivity index (χ0v) is 14.7. The zero-order valence-electron chi connectivity index (χ0n) is 14.7. The fourth-order valence-corrected chi connectivity index (χ4v) is 4.11. The van der Waals surface area contributed by atoms with Gasteiger partial charge in [-0.15, -0.1) is 0 Å². The quantitative estimate of drug-likeness (QED) is 0.594. The summed E-state index contributed by atoms with van der Waals surface area (Å²) in [5, 5.41) is 9.94. The third-order valence-electron chi connectivity index (χ3n) is 5.48. The molecule has 3 heterocycles. The van der Waals surface area contributed by atoms with Crippen LogP contribution in [0.15, 0.2) is 53.7 Å². The fraction of sp³-hybridized carbons (Fsp3) is 0.190. The van der Waals surface area contributed by atoms with Crippen molar-refractivity contribution >= 4 is 27.9 Å². The van der Waals surface area contributed by atoms with Crippen molar-refractivity contribution in [2.45, 2.75) is 25.8 Å². The smallest absolute Gasteiger partial charge is 0.341 e. The summed E-state index contributed by atoms with van der Waals surface area (Å²) < 4.78 is 3.88. The Morgan fingerprint density at radius 1 is 1.26 bits per heavy atom. The molecule has 6 nitrogen and oxygen atoms in total. The van der Waals surface area contributed by atoms with Gasteiger partial charge in [-0.25, -0.2) is 9.78 Å². The number of fused-ring (bicyclic) bond motifs is 2. The lowest BCUT2D eigenvalue weighted by Crippen LogP contribution is -2.24. The lowest BCUT2D eigenvalue weighted by atomic mass is 9.94. The van der Waals surface area contributed by atoms with Crippen LogP contribution in [-0.2, 0) is 6.42 Å². The Labute approximate surface area is 154 Å². The van der Waals surface area contributed by atoms with Crippen molar-refractivity contribution in [3.63, 3.8) is 0 Å². The molecule has 4 aromatic rings. The second kappa shape index (κ2) is 5.54. The molecule has 1 N–H and O–H groups in total. The molecule has 1 atom stereocenters. The van der Waals surface area contributed by atoms with Gasteiger partial charge in [0, 0.05) is 28.9 Å². The molecule has 1 unspecified atom stereocenters. The molecule has 0 saturated carbocycles. The standard InChI is InChI=1S/C21H17N3O3/c1-12-7-8-14-18-17(24(11-22-18)13-5-3-2-4-6-13)9-15-19(14)23(12)10-16(20(15)25)21(26)27/h2-6,9-12H,7-8H2,1H3,(H,26,27). The number of para-hydroxylation sites is 1. The monoisotopic (exact) mass is 359 g/mol. The first kappa shape index (κ1) is 15.8. The molecule has 2 aromatic heterocycles. The molecule has 5 rings (SSSR count). The van der Waals surface area contributed by atoms with Gasteiger partial charge in [-0.1, -0.05) is 18.2 Å². The molecule has 6 heteroatoms. The van der Waals surface area contributed by atoms with Gasteiger partial charge in [0.05, 0.1) is 16.6 Å². The SMILES string of the molecule is CC1CCc2c3ncn(-c4ccccc4)c3cc3c(=O)c(C(=O)O)cn1c23. The van der Waals surface area contributed by atoms with Crippen molar-refractivity contribution in [3.05, 3.63) is 70.3 Å². The lowest BCUT2D eigenvalue weighted by Gasteiger charge is -2.26. The topological polar surface area (TPSA) is 77.1 Å². The van der Waals surface area contributed by atoms with Crippen molar-refractivity contribution in [1.82, 2.24) is 14.1 Å². The van der Waals surface area contributed by atoms with Crippen LogP contribution in [0, 0.1) is 0 Å². The summed E-state index contributed by atoms with van der Waals surface area (Å²) in [5.74, 6) is -1.19. The van der Waals surface area contributed by atoms with E-state index in [2.05, 4.69) is 4.98 Å². The average Bonchev–Trinajstić information content (AvgIpc) is 3.10. The number of aromatic nitrogens is 3. The number of imidazole rings is 1. The highest BCUT2D eigenvalue weighted by Crippen LogP contribution is 2.35. The van der Waals surface area contributed by atoms with Crippen LogP contribution in [-0.4, -0.2) is 25.2 Å². The maximum atomic E-state index is 12.9. The molecular formula is C21H17N3O3. The van der Waals surface area contributed by atoms with E-state index < -0.39 is 11.4 Å². The van der Waals surface area contributed by atoms with Crippen LogP contribution in [0.1, 0.15) is 35.3 Å². The Morgan fingerprint density at radius 2 is 2.04 bits per heavy atom. The van der Waals surface area contributed by atoms with Crippen LogP contribution in [0.2, 0.25) is 0 Å². The van der Waals surface area contributed by atoms with Crippen molar-refractivity contribution < 1.29 is 9.90 Å². The number of aromatic carboxylic acids is 1. The molecule has 0 aliphatic carbocycles. The lowest BCUT2D eigenvalue weighted by molar-refractivity contribution is 0.0694. The van der Waals surface area contributed by atoms with Crippen LogP contribution in [0.25, 0.3) is 27.6 Å². The van der Waals surface area contributed by atoms with Gasteiger partial charge in [-0.3, -0.25) is 9.36 Å². The number of nitrogens with zero attached hydrogens (tertiary/aromatic N) is 3. The van der Waals surface area contributed by atoms with Crippen LogP contribution in [0.4, 0.5) is 0 Å². The maximum absolute atomic E-state index is 12.9. The number of hydrogen-bond acceptors (Lipinski definition) is 3. The average molecular weight is 359 g/mol. The molecule has 2 aromatic carbocycles. The maximum Gasteiger partial charge on any atom is 0.341 e. The minimum Gasteiger partial charge on any atom is -0.477 e. The predicted octanol–water partition coefficient (Wildman–Crippen LogP) is 3.55. The van der Waals surface area contributed by atoms with Gasteiger partial charge in [0.25, 0.3) is 0 Å². The van der Waals surface area contributed by atoms with E-state index in [1.165, 1.54) is 6.20 Å². The summed E-state index contributed by atoms with van der Waals surface area (Å²) in [7, 11) is 0. The van der Waals surface area contributed by atoms with E-state index in [4.69, 9.17) is 0 Å². The highest BCUT2D eigenvalue weighted by atomic mass is 16.4. The van der Waals surface area contributed by atoms with Crippen LogP contribution in [0.3, 0.4) is 0 Å². The second-order valence-electron chi connectivity index (χ2n) is 7.04. The summed E-state index contributed by atoms with van der Waals surface area (Å²) >= 11 is 0. The number of carboxylic acids is 1. The number of benzene rings is 2. The minimum absolute atomic E-state index is 0.132. The predicted molar refractivity (Wildman–Crippen MR) is 103 cm³/mol.